The van der Waals surface area contributed by atoms with Crippen LogP contribution in [0.2, 0.25) is 0 Å². The van der Waals surface area contributed by atoms with Gasteiger partial charge in [-0.2, -0.15) is 10.1 Å². The predicted molar refractivity (Wildman–Crippen MR) is 144 cm³/mol. The van der Waals surface area contributed by atoms with Gasteiger partial charge in [-0.25, -0.2) is 10.2 Å². The van der Waals surface area contributed by atoms with Crippen molar-refractivity contribution in [1.82, 2.24) is 19.1 Å². The number of nitrogens with one attached hydrogen (secondary N) is 2. The highest BCUT2D eigenvalue weighted by atomic mass is 79.9. The SMILES string of the molecule is CCCCCCCCCCn1c(N/N=C/C(Br)=C/c2ccccc2)nc2c1c(=O)[nH]c(=O)n2C. The molecule has 0 aliphatic rings. The van der Waals surface area contributed by atoms with Crippen molar-refractivity contribution in [3.8, 4) is 0 Å². The topological polar surface area (TPSA) is 97.1 Å². The number of nitrogens with zero attached hydrogens (tertiary/aromatic N) is 4. The van der Waals surface area contributed by atoms with Gasteiger partial charge in [0.25, 0.3) is 5.56 Å². The number of hydrogen-bond donors (Lipinski definition) is 2. The summed E-state index contributed by atoms with van der Waals surface area (Å²) in [6.07, 6.45) is 13.1. The number of rotatable bonds is 13. The Kier molecular flexibility index (Phi) is 9.88. The molecule has 0 spiro atoms. The molecule has 0 aliphatic carbocycles. The lowest BCUT2D eigenvalue weighted by atomic mass is 10.1. The van der Waals surface area contributed by atoms with E-state index in [1.807, 2.05) is 41.0 Å². The molecule has 3 rings (SSSR count). The predicted octanol–water partition coefficient (Wildman–Crippen LogP) is 5.40. The van der Waals surface area contributed by atoms with E-state index >= 15 is 0 Å². The number of hydrogen-bond acceptors (Lipinski definition) is 5. The maximum Gasteiger partial charge on any atom is 0.329 e. The lowest BCUT2D eigenvalue weighted by Crippen LogP contribution is -2.29. The molecule has 0 bridgehead atoms. The normalized spacial score (nSPS) is 12.1. The molecule has 0 amide bonds. The first kappa shape index (κ1) is 25.7. The first-order chi connectivity index (χ1) is 16.5. The minimum atomic E-state index is -0.488. The number of unbranched alkanes of at least 4 members (excludes halogenated alkanes) is 7. The van der Waals surface area contributed by atoms with Gasteiger partial charge in [0.05, 0.1) is 6.21 Å². The van der Waals surface area contributed by atoms with Crippen LogP contribution in [-0.4, -0.2) is 25.3 Å². The maximum atomic E-state index is 12.6. The summed E-state index contributed by atoms with van der Waals surface area (Å²) < 4.78 is 3.94. The molecule has 1 aromatic carbocycles. The van der Waals surface area contributed by atoms with Crippen LogP contribution in [0.1, 0.15) is 63.9 Å². The van der Waals surface area contributed by atoms with E-state index in [1.165, 1.54) is 43.1 Å². The van der Waals surface area contributed by atoms with Crippen LogP contribution in [0.25, 0.3) is 17.2 Å². The van der Waals surface area contributed by atoms with Crippen LogP contribution < -0.4 is 16.7 Å². The third kappa shape index (κ3) is 7.03. The van der Waals surface area contributed by atoms with Crippen molar-refractivity contribution in [3.05, 3.63) is 61.2 Å². The second-order valence-corrected chi connectivity index (χ2v) is 9.28. The van der Waals surface area contributed by atoms with Gasteiger partial charge in [-0.05, 0) is 34.0 Å². The van der Waals surface area contributed by atoms with E-state index in [1.54, 1.807) is 13.3 Å². The van der Waals surface area contributed by atoms with E-state index in [0.717, 1.165) is 22.9 Å². The Morgan fingerprint density at radius 2 is 1.76 bits per heavy atom. The van der Waals surface area contributed by atoms with E-state index in [4.69, 9.17) is 0 Å². The molecule has 34 heavy (non-hydrogen) atoms. The molecule has 8 nitrogen and oxygen atoms in total. The van der Waals surface area contributed by atoms with Crippen LogP contribution in [0.5, 0.6) is 0 Å². The highest BCUT2D eigenvalue weighted by molar-refractivity contribution is 9.12. The number of aromatic amines is 1. The van der Waals surface area contributed by atoms with Gasteiger partial charge in [-0.3, -0.25) is 14.3 Å². The van der Waals surface area contributed by atoms with Crippen molar-refractivity contribution in [3.63, 3.8) is 0 Å². The molecule has 3 aromatic rings. The Labute approximate surface area is 207 Å². The number of imidazole rings is 1. The Hall–Kier alpha value is -2.94. The fourth-order valence-corrected chi connectivity index (χ4v) is 4.21. The number of anilines is 1. The Morgan fingerprint density at radius 1 is 1.09 bits per heavy atom. The number of aromatic nitrogens is 4. The number of H-pyrrole nitrogens is 1. The zero-order valence-corrected chi connectivity index (χ0v) is 21.5. The van der Waals surface area contributed by atoms with E-state index in [-0.39, 0.29) is 0 Å². The summed E-state index contributed by atoms with van der Waals surface area (Å²) in [5, 5.41) is 4.29. The van der Waals surface area contributed by atoms with Gasteiger partial charge >= 0.3 is 5.69 Å². The minimum absolute atomic E-state index is 0.338. The summed E-state index contributed by atoms with van der Waals surface area (Å²) in [6, 6.07) is 9.90. The quantitative estimate of drug-likeness (QED) is 0.176. The fraction of sp³-hybridized carbons (Fsp3) is 0.440. The molecular formula is C25H33BrN6O2. The van der Waals surface area contributed by atoms with Crippen LogP contribution >= 0.6 is 15.9 Å². The molecule has 0 radical (unpaired) electrons. The van der Waals surface area contributed by atoms with Crippen molar-refractivity contribution in [2.75, 3.05) is 5.43 Å². The molecule has 2 aromatic heterocycles. The number of aryl methyl sites for hydroxylation is 2. The van der Waals surface area contributed by atoms with Gasteiger partial charge in [0, 0.05) is 18.1 Å². The third-order valence-corrected chi connectivity index (χ3v) is 6.13. The highest BCUT2D eigenvalue weighted by Gasteiger charge is 2.16. The monoisotopic (exact) mass is 528 g/mol. The van der Waals surface area contributed by atoms with Gasteiger partial charge < -0.3 is 4.57 Å². The summed E-state index contributed by atoms with van der Waals surface area (Å²) >= 11 is 3.50. The summed E-state index contributed by atoms with van der Waals surface area (Å²) in [5.41, 5.74) is 3.79. The van der Waals surface area contributed by atoms with Crippen molar-refractivity contribution in [2.45, 2.75) is 64.8 Å². The largest absolute Gasteiger partial charge is 0.329 e. The van der Waals surface area contributed by atoms with Crippen molar-refractivity contribution < 1.29 is 0 Å². The standard InChI is InChI=1S/C25H33BrN6O2/c1-3-4-5-6-7-8-9-13-16-32-21-22(31(2)25(34)29-23(21)33)28-24(32)30-27-18-20(26)17-19-14-11-10-12-15-19/h10-12,14-15,17-18H,3-9,13,16H2,1-2H3,(H,28,30)(H,29,33,34)/b20-17-,27-18+. The van der Waals surface area contributed by atoms with E-state index in [0.29, 0.717) is 23.7 Å². The number of halogens is 1. The second kappa shape index (κ2) is 13.1. The van der Waals surface area contributed by atoms with Crippen LogP contribution in [-0.2, 0) is 13.6 Å². The number of hydrazone groups is 1. The zero-order chi connectivity index (χ0) is 24.3. The summed E-state index contributed by atoms with van der Waals surface area (Å²) in [7, 11) is 1.60. The maximum absolute atomic E-state index is 12.6. The third-order valence-electron chi connectivity index (χ3n) is 5.70. The highest BCUT2D eigenvalue weighted by Crippen LogP contribution is 2.18. The Morgan fingerprint density at radius 3 is 2.47 bits per heavy atom. The van der Waals surface area contributed by atoms with E-state index in [2.05, 4.69) is 43.3 Å². The number of fused-ring (bicyclic) bond motifs is 1. The van der Waals surface area contributed by atoms with E-state index in [9.17, 15) is 9.59 Å². The molecule has 0 atom stereocenters. The molecule has 0 saturated carbocycles. The molecule has 2 heterocycles. The second-order valence-electron chi connectivity index (χ2n) is 8.36. The molecule has 0 fully saturated rings. The van der Waals surface area contributed by atoms with Crippen molar-refractivity contribution in [1.29, 1.82) is 0 Å². The van der Waals surface area contributed by atoms with Crippen LogP contribution in [0.3, 0.4) is 0 Å². The molecule has 9 heteroatoms. The van der Waals surface area contributed by atoms with Crippen LogP contribution in [0.15, 0.2) is 49.5 Å². The van der Waals surface area contributed by atoms with E-state index < -0.39 is 11.2 Å². The molecular weight excluding hydrogens is 496 g/mol. The lowest BCUT2D eigenvalue weighted by molar-refractivity contribution is 0.549. The summed E-state index contributed by atoms with van der Waals surface area (Å²) in [4.78, 5) is 31.5. The number of allylic oxidation sites excluding steroid dienone is 1. The van der Waals surface area contributed by atoms with Gasteiger partial charge in [-0.1, -0.05) is 82.2 Å². The van der Waals surface area contributed by atoms with Gasteiger partial charge in [-0.15, -0.1) is 0 Å². The molecule has 0 aliphatic heterocycles. The number of benzene rings is 1. The summed E-state index contributed by atoms with van der Waals surface area (Å²) in [6.45, 7) is 2.84. The van der Waals surface area contributed by atoms with Crippen molar-refractivity contribution >= 4 is 45.3 Å². The van der Waals surface area contributed by atoms with Crippen molar-refractivity contribution in [2.24, 2.45) is 12.1 Å². The lowest BCUT2D eigenvalue weighted by Gasteiger charge is -2.08. The average molecular weight is 529 g/mol. The first-order valence-corrected chi connectivity index (χ1v) is 12.7. The minimum Gasteiger partial charge on any atom is -0.303 e. The van der Waals surface area contributed by atoms with Gasteiger partial charge in [0.1, 0.15) is 0 Å². The molecule has 0 unspecified atom stereocenters. The smallest absolute Gasteiger partial charge is 0.303 e. The molecule has 0 saturated heterocycles. The van der Waals surface area contributed by atoms with Gasteiger partial charge in [0.15, 0.2) is 11.2 Å². The zero-order valence-electron chi connectivity index (χ0n) is 19.9. The molecule has 182 valence electrons. The van der Waals surface area contributed by atoms with Crippen LogP contribution in [0.4, 0.5) is 5.95 Å². The van der Waals surface area contributed by atoms with Gasteiger partial charge in [0.2, 0.25) is 5.95 Å². The first-order valence-electron chi connectivity index (χ1n) is 11.9. The Balaban J connectivity index is 1.74. The summed E-state index contributed by atoms with van der Waals surface area (Å²) in [5.74, 6) is 0.431. The fourth-order valence-electron chi connectivity index (χ4n) is 3.84. The van der Waals surface area contributed by atoms with Crippen LogP contribution in [0, 0.1) is 0 Å². The Bertz CT molecular complexity index is 1240. The average Bonchev–Trinajstić information content (AvgIpc) is 3.19. The molecule has 2 N–H and O–H groups in total.